The van der Waals surface area contributed by atoms with Crippen molar-refractivity contribution in [3.05, 3.63) is 61.5 Å². The number of aromatic nitrogens is 1. The molecule has 1 heterocycles. The summed E-state index contributed by atoms with van der Waals surface area (Å²) < 4.78 is 0. The molecule has 0 saturated heterocycles. The maximum Gasteiger partial charge on any atom is 0.166 e. The summed E-state index contributed by atoms with van der Waals surface area (Å²) in [7, 11) is 0. The van der Waals surface area contributed by atoms with Crippen LogP contribution in [0.4, 0.5) is 0 Å². The molecule has 120 valence electrons. The van der Waals surface area contributed by atoms with E-state index in [4.69, 9.17) is 0 Å². The average Bonchev–Trinajstić information content (AvgIpc) is 3.00. The SMILES string of the molecule is C=CC=[NH+]C=C.CC.CCC(C)(C)c1cc2ccccc2[nH]1. The lowest BCUT2D eigenvalue weighted by molar-refractivity contribution is -0.365. The minimum Gasteiger partial charge on any atom is -0.358 e. The summed E-state index contributed by atoms with van der Waals surface area (Å²) >= 11 is 0. The van der Waals surface area contributed by atoms with Gasteiger partial charge in [0.1, 0.15) is 0 Å². The predicted molar refractivity (Wildman–Crippen MR) is 100 cm³/mol. The highest BCUT2D eigenvalue weighted by Crippen LogP contribution is 2.28. The van der Waals surface area contributed by atoms with E-state index in [1.54, 1.807) is 18.5 Å². The summed E-state index contributed by atoms with van der Waals surface area (Å²) in [4.78, 5) is 6.21. The number of H-pyrrole nitrogens is 1. The predicted octanol–water partition coefficient (Wildman–Crippen LogP) is 4.35. The summed E-state index contributed by atoms with van der Waals surface area (Å²) in [6.45, 7) is 17.6. The quantitative estimate of drug-likeness (QED) is 0.786. The van der Waals surface area contributed by atoms with Gasteiger partial charge in [0.2, 0.25) is 0 Å². The van der Waals surface area contributed by atoms with Crippen molar-refractivity contribution in [3.8, 4) is 0 Å². The summed E-state index contributed by atoms with van der Waals surface area (Å²) in [6.07, 6.45) is 6.09. The molecule has 1 aromatic carbocycles. The third-order valence-electron chi connectivity index (χ3n) is 3.47. The lowest BCUT2D eigenvalue weighted by Gasteiger charge is -2.20. The Balaban J connectivity index is 0.000000470. The molecule has 0 aliphatic rings. The van der Waals surface area contributed by atoms with Gasteiger partial charge in [-0.05, 0) is 36.6 Å². The molecule has 2 heteroatoms. The molecule has 0 atom stereocenters. The molecule has 2 N–H and O–H groups in total. The van der Waals surface area contributed by atoms with Crippen LogP contribution in [-0.4, -0.2) is 11.2 Å². The number of hydrogen-bond acceptors (Lipinski definition) is 0. The van der Waals surface area contributed by atoms with Crippen molar-refractivity contribution in [3.63, 3.8) is 0 Å². The highest BCUT2D eigenvalue weighted by Gasteiger charge is 2.19. The summed E-state index contributed by atoms with van der Waals surface area (Å²) in [5, 5.41) is 1.31. The van der Waals surface area contributed by atoms with E-state index in [1.807, 2.05) is 13.8 Å². The van der Waals surface area contributed by atoms with Crippen molar-refractivity contribution in [1.29, 1.82) is 0 Å². The summed E-state index contributed by atoms with van der Waals surface area (Å²) in [5.41, 5.74) is 2.82. The van der Waals surface area contributed by atoms with E-state index in [9.17, 15) is 0 Å². The Kier molecular flexibility index (Phi) is 9.60. The Bertz CT molecular complexity index is 546. The van der Waals surface area contributed by atoms with E-state index < -0.39 is 0 Å². The maximum absolute atomic E-state index is 3.49. The van der Waals surface area contributed by atoms with Crippen LogP contribution in [0.2, 0.25) is 0 Å². The molecular formula is C20H31N2+. The third kappa shape index (κ3) is 6.13. The van der Waals surface area contributed by atoms with Gasteiger partial charge in [0.15, 0.2) is 12.4 Å². The van der Waals surface area contributed by atoms with Gasteiger partial charge in [-0.2, -0.15) is 0 Å². The molecule has 0 amide bonds. The molecule has 0 aliphatic heterocycles. The van der Waals surface area contributed by atoms with Gasteiger partial charge in [0.25, 0.3) is 0 Å². The van der Waals surface area contributed by atoms with Crippen LogP contribution in [0.25, 0.3) is 10.9 Å². The van der Waals surface area contributed by atoms with E-state index in [1.165, 1.54) is 16.6 Å². The van der Waals surface area contributed by atoms with E-state index in [-0.39, 0.29) is 5.41 Å². The monoisotopic (exact) mass is 299 g/mol. The van der Waals surface area contributed by atoms with Crippen LogP contribution in [0, 0.1) is 0 Å². The highest BCUT2D eigenvalue weighted by atomic mass is 14.7. The van der Waals surface area contributed by atoms with E-state index in [2.05, 4.69) is 74.2 Å². The Hall–Kier alpha value is -2.09. The summed E-state index contributed by atoms with van der Waals surface area (Å²) in [6, 6.07) is 10.7. The molecule has 0 unspecified atom stereocenters. The van der Waals surface area contributed by atoms with Crippen LogP contribution in [-0.2, 0) is 5.41 Å². The van der Waals surface area contributed by atoms with Gasteiger partial charge in [0, 0.05) is 16.6 Å². The minimum absolute atomic E-state index is 0.249. The first-order chi connectivity index (χ1) is 10.5. The number of hydrogen-bond donors (Lipinski definition) is 2. The van der Waals surface area contributed by atoms with E-state index in [0.29, 0.717) is 0 Å². The molecular weight excluding hydrogens is 268 g/mol. The van der Waals surface area contributed by atoms with Gasteiger partial charge in [-0.15, -0.1) is 0 Å². The van der Waals surface area contributed by atoms with Gasteiger partial charge in [-0.25, -0.2) is 4.99 Å². The fourth-order valence-electron chi connectivity index (χ4n) is 1.76. The van der Waals surface area contributed by atoms with E-state index >= 15 is 0 Å². The Morgan fingerprint density at radius 3 is 2.27 bits per heavy atom. The largest absolute Gasteiger partial charge is 0.358 e. The number of para-hydroxylation sites is 1. The summed E-state index contributed by atoms with van der Waals surface area (Å²) in [5.74, 6) is 0. The standard InChI is InChI=1S/C13H17N.C5H7N.C2H6/c1-4-13(2,3)12-9-10-7-5-6-8-11(10)14-12;1-3-5-6-4-2;1-2/h5-9,14H,4H2,1-3H3;3-5H,1-2H2;1-2H3/p+1. The van der Waals surface area contributed by atoms with Crippen molar-refractivity contribution in [1.82, 2.24) is 4.98 Å². The van der Waals surface area contributed by atoms with Crippen molar-refractivity contribution in [2.24, 2.45) is 0 Å². The molecule has 0 bridgehead atoms. The molecule has 2 rings (SSSR count). The van der Waals surface area contributed by atoms with Gasteiger partial charge in [0.05, 0.1) is 0 Å². The highest BCUT2D eigenvalue weighted by molar-refractivity contribution is 5.80. The fraction of sp³-hybridized carbons (Fsp3) is 0.350. The van der Waals surface area contributed by atoms with Gasteiger partial charge >= 0.3 is 0 Å². The zero-order valence-corrected chi connectivity index (χ0v) is 14.7. The second-order valence-electron chi connectivity index (χ2n) is 5.28. The van der Waals surface area contributed by atoms with Crippen LogP contribution in [0.1, 0.15) is 46.7 Å². The van der Waals surface area contributed by atoms with Crippen LogP contribution < -0.4 is 4.99 Å². The van der Waals surface area contributed by atoms with Crippen molar-refractivity contribution in [2.75, 3.05) is 0 Å². The zero-order chi connectivity index (χ0) is 17.0. The number of aromatic amines is 1. The molecule has 22 heavy (non-hydrogen) atoms. The van der Waals surface area contributed by atoms with Crippen molar-refractivity contribution < 1.29 is 4.99 Å². The normalized spacial score (nSPS) is 10.4. The first-order valence-corrected chi connectivity index (χ1v) is 7.94. The van der Waals surface area contributed by atoms with Crippen molar-refractivity contribution in [2.45, 2.75) is 46.5 Å². The minimum atomic E-state index is 0.249. The number of allylic oxidation sites excluding steroid dienone is 1. The van der Waals surface area contributed by atoms with Gasteiger partial charge < -0.3 is 4.98 Å². The average molecular weight is 299 g/mol. The molecule has 2 aromatic rings. The lowest BCUT2D eigenvalue weighted by atomic mass is 9.87. The van der Waals surface area contributed by atoms with Crippen LogP contribution in [0.15, 0.2) is 55.8 Å². The molecule has 0 spiro atoms. The molecule has 0 fully saturated rings. The Labute approximate surface area is 135 Å². The van der Waals surface area contributed by atoms with Gasteiger partial charge in [-0.3, -0.25) is 0 Å². The van der Waals surface area contributed by atoms with E-state index in [0.717, 1.165) is 6.42 Å². The number of nitrogens with one attached hydrogen (secondary N) is 2. The zero-order valence-electron chi connectivity index (χ0n) is 14.7. The van der Waals surface area contributed by atoms with Crippen molar-refractivity contribution >= 4 is 17.1 Å². The lowest BCUT2D eigenvalue weighted by Crippen LogP contribution is -2.60. The molecule has 0 saturated carbocycles. The molecule has 0 radical (unpaired) electrons. The second-order valence-corrected chi connectivity index (χ2v) is 5.28. The topological polar surface area (TPSA) is 29.8 Å². The number of rotatable bonds is 4. The van der Waals surface area contributed by atoms with Crippen LogP contribution in [0.5, 0.6) is 0 Å². The van der Waals surface area contributed by atoms with Gasteiger partial charge in [-0.1, -0.05) is 59.4 Å². The third-order valence-corrected chi connectivity index (χ3v) is 3.47. The van der Waals surface area contributed by atoms with Crippen LogP contribution >= 0.6 is 0 Å². The first-order valence-electron chi connectivity index (χ1n) is 7.94. The second kappa shape index (κ2) is 10.6. The Morgan fingerprint density at radius 2 is 1.82 bits per heavy atom. The number of benzene rings is 1. The fourth-order valence-corrected chi connectivity index (χ4v) is 1.76. The molecule has 0 aliphatic carbocycles. The Morgan fingerprint density at radius 1 is 1.18 bits per heavy atom. The molecule has 2 nitrogen and oxygen atoms in total. The maximum atomic E-state index is 3.49. The smallest absolute Gasteiger partial charge is 0.166 e. The number of fused-ring (bicyclic) bond motifs is 1. The first kappa shape index (κ1) is 19.9. The molecule has 1 aromatic heterocycles. The van der Waals surface area contributed by atoms with Crippen LogP contribution in [0.3, 0.4) is 0 Å².